The Hall–Kier alpha value is -2.01. The Morgan fingerprint density at radius 3 is 2.79 bits per heavy atom. The Morgan fingerprint density at radius 1 is 1.32 bits per heavy atom. The number of benzene rings is 1. The van der Waals surface area contributed by atoms with E-state index in [1.54, 1.807) is 24.5 Å². The molecule has 0 saturated carbocycles. The van der Waals surface area contributed by atoms with E-state index in [4.69, 9.17) is 0 Å². The third-order valence-corrected chi connectivity index (χ3v) is 3.77. The minimum Gasteiger partial charge on any atom is -0.479 e. The second-order valence-corrected chi connectivity index (χ2v) is 5.28. The molecule has 0 amide bonds. The fourth-order valence-electron chi connectivity index (χ4n) is 2.30. The van der Waals surface area contributed by atoms with Crippen LogP contribution < -0.4 is 5.32 Å². The number of aromatic amines is 1. The number of carboxylic acid groups (broad SMARTS) is 1. The van der Waals surface area contributed by atoms with Gasteiger partial charge in [-0.25, -0.2) is 4.79 Å². The van der Waals surface area contributed by atoms with E-state index in [1.165, 1.54) is 0 Å². The van der Waals surface area contributed by atoms with E-state index < -0.39 is 11.5 Å². The average Bonchev–Trinajstić information content (AvgIpc) is 2.84. The van der Waals surface area contributed by atoms with Crippen molar-refractivity contribution in [3.8, 4) is 0 Å². The molecular formula is C14H11BrN2O2. The van der Waals surface area contributed by atoms with Gasteiger partial charge < -0.3 is 15.4 Å². The normalized spacial score (nSPS) is 22.1. The molecule has 0 aliphatic carbocycles. The molecular weight excluding hydrogens is 308 g/mol. The van der Waals surface area contributed by atoms with E-state index in [0.29, 0.717) is 5.56 Å². The Morgan fingerprint density at radius 2 is 2.11 bits per heavy atom. The average molecular weight is 319 g/mol. The van der Waals surface area contributed by atoms with Crippen LogP contribution in [0.3, 0.4) is 0 Å². The molecule has 2 heterocycles. The van der Waals surface area contributed by atoms with Crippen molar-refractivity contribution in [2.24, 2.45) is 0 Å². The Kier molecular flexibility index (Phi) is 2.71. The maximum Gasteiger partial charge on any atom is 0.338 e. The number of dihydropyridines is 1. The minimum absolute atomic E-state index is 0.697. The van der Waals surface area contributed by atoms with Crippen LogP contribution in [0.1, 0.15) is 5.56 Å². The van der Waals surface area contributed by atoms with Gasteiger partial charge in [-0.3, -0.25) is 0 Å². The molecule has 19 heavy (non-hydrogen) atoms. The van der Waals surface area contributed by atoms with Crippen LogP contribution in [-0.4, -0.2) is 16.1 Å². The van der Waals surface area contributed by atoms with Gasteiger partial charge in [0.15, 0.2) is 5.54 Å². The van der Waals surface area contributed by atoms with Crippen molar-refractivity contribution in [1.82, 2.24) is 10.3 Å². The molecule has 0 spiro atoms. The first-order chi connectivity index (χ1) is 9.13. The molecule has 0 bridgehead atoms. The highest BCUT2D eigenvalue weighted by Gasteiger charge is 2.40. The van der Waals surface area contributed by atoms with Gasteiger partial charge in [0.05, 0.1) is 0 Å². The van der Waals surface area contributed by atoms with Crippen LogP contribution in [0, 0.1) is 0 Å². The van der Waals surface area contributed by atoms with Crippen LogP contribution >= 0.6 is 15.9 Å². The number of hydrogen-bond acceptors (Lipinski definition) is 2. The number of H-pyrrole nitrogens is 1. The zero-order valence-corrected chi connectivity index (χ0v) is 11.4. The largest absolute Gasteiger partial charge is 0.479 e. The van der Waals surface area contributed by atoms with Crippen molar-refractivity contribution in [3.05, 3.63) is 58.9 Å². The first kappa shape index (κ1) is 12.0. The summed E-state index contributed by atoms with van der Waals surface area (Å²) in [7, 11) is 0. The molecule has 1 aromatic carbocycles. The summed E-state index contributed by atoms with van der Waals surface area (Å²) in [4.78, 5) is 14.9. The Labute approximate surface area is 118 Å². The lowest BCUT2D eigenvalue weighted by atomic mass is 9.88. The molecule has 2 aromatic rings. The number of para-hydroxylation sites is 1. The van der Waals surface area contributed by atoms with Crippen molar-refractivity contribution in [1.29, 1.82) is 0 Å². The molecule has 0 fully saturated rings. The number of aromatic nitrogens is 1. The first-order valence-electron chi connectivity index (χ1n) is 5.76. The monoisotopic (exact) mass is 318 g/mol. The lowest BCUT2D eigenvalue weighted by molar-refractivity contribution is -0.142. The summed E-state index contributed by atoms with van der Waals surface area (Å²) in [6.45, 7) is 0. The summed E-state index contributed by atoms with van der Waals surface area (Å²) >= 11 is 3.31. The molecule has 3 rings (SSSR count). The molecule has 96 valence electrons. The quantitative estimate of drug-likeness (QED) is 0.797. The molecule has 4 nitrogen and oxygen atoms in total. The van der Waals surface area contributed by atoms with Crippen LogP contribution in [0.2, 0.25) is 0 Å². The minimum atomic E-state index is -1.24. The number of allylic oxidation sites excluding steroid dienone is 2. The predicted octanol–water partition coefficient (Wildman–Crippen LogP) is 2.84. The van der Waals surface area contributed by atoms with Gasteiger partial charge in [-0.2, -0.15) is 0 Å². The van der Waals surface area contributed by atoms with Crippen LogP contribution in [0.5, 0.6) is 0 Å². The lowest BCUT2D eigenvalue weighted by Crippen LogP contribution is -2.46. The van der Waals surface area contributed by atoms with Crippen molar-refractivity contribution in [3.63, 3.8) is 0 Å². The van der Waals surface area contributed by atoms with Gasteiger partial charge in [-0.15, -0.1) is 0 Å². The molecule has 3 N–H and O–H groups in total. The molecule has 5 heteroatoms. The van der Waals surface area contributed by atoms with Crippen molar-refractivity contribution in [2.45, 2.75) is 5.54 Å². The van der Waals surface area contributed by atoms with E-state index in [1.807, 2.05) is 24.3 Å². The SMILES string of the molecule is O=C(O)C1(c2c[nH]c3ccccc23)C=CC(Br)=CN1. The van der Waals surface area contributed by atoms with Crippen LogP contribution in [0.25, 0.3) is 10.9 Å². The summed E-state index contributed by atoms with van der Waals surface area (Å²) < 4.78 is 0.809. The molecule has 1 aliphatic rings. The second-order valence-electron chi connectivity index (χ2n) is 4.37. The zero-order valence-electron chi connectivity index (χ0n) is 9.85. The second kappa shape index (κ2) is 4.28. The van der Waals surface area contributed by atoms with E-state index in [-0.39, 0.29) is 0 Å². The third kappa shape index (κ3) is 1.77. The Balaban J connectivity index is 2.22. The van der Waals surface area contributed by atoms with E-state index in [9.17, 15) is 9.90 Å². The predicted molar refractivity (Wildman–Crippen MR) is 76.9 cm³/mol. The highest BCUT2D eigenvalue weighted by atomic mass is 79.9. The number of hydrogen-bond donors (Lipinski definition) is 3. The van der Waals surface area contributed by atoms with E-state index in [2.05, 4.69) is 26.2 Å². The van der Waals surface area contributed by atoms with Gasteiger partial charge in [0, 0.05) is 33.3 Å². The molecule has 1 atom stereocenters. The number of fused-ring (bicyclic) bond motifs is 1. The van der Waals surface area contributed by atoms with Crippen molar-refractivity contribution >= 4 is 32.8 Å². The standard InChI is InChI=1S/C14H11BrN2O2/c15-9-5-6-14(13(18)19,17-7-9)11-8-16-12-4-2-1-3-10(11)12/h1-8,16-17H,(H,18,19). The van der Waals surface area contributed by atoms with Gasteiger partial charge in [-0.1, -0.05) is 18.2 Å². The summed E-state index contributed by atoms with van der Waals surface area (Å²) in [5.41, 5.74) is 0.377. The van der Waals surface area contributed by atoms with Gasteiger partial charge >= 0.3 is 5.97 Å². The van der Waals surface area contributed by atoms with Crippen molar-refractivity contribution in [2.75, 3.05) is 0 Å². The van der Waals surface area contributed by atoms with Gasteiger partial charge in [-0.05, 0) is 34.1 Å². The number of carbonyl (C=O) groups is 1. The molecule has 0 saturated heterocycles. The van der Waals surface area contributed by atoms with Gasteiger partial charge in [0.25, 0.3) is 0 Å². The number of aliphatic carboxylic acids is 1. The third-order valence-electron chi connectivity index (χ3n) is 3.28. The summed E-state index contributed by atoms with van der Waals surface area (Å²) in [5, 5.41) is 13.5. The fraction of sp³-hybridized carbons (Fsp3) is 0.0714. The van der Waals surface area contributed by atoms with Crippen molar-refractivity contribution < 1.29 is 9.90 Å². The summed E-state index contributed by atoms with van der Waals surface area (Å²) in [6.07, 6.45) is 6.78. The number of carboxylic acids is 1. The highest BCUT2D eigenvalue weighted by Crippen LogP contribution is 2.33. The first-order valence-corrected chi connectivity index (χ1v) is 6.55. The summed E-state index contributed by atoms with van der Waals surface area (Å²) in [5.74, 6) is -0.940. The lowest BCUT2D eigenvalue weighted by Gasteiger charge is -2.29. The molecule has 0 radical (unpaired) electrons. The van der Waals surface area contributed by atoms with Gasteiger partial charge in [0.2, 0.25) is 0 Å². The summed E-state index contributed by atoms with van der Waals surface area (Å²) in [6, 6.07) is 7.64. The molecule has 1 aromatic heterocycles. The van der Waals surface area contributed by atoms with E-state index in [0.717, 1.165) is 15.4 Å². The smallest absolute Gasteiger partial charge is 0.338 e. The fourth-order valence-corrected chi connectivity index (χ4v) is 2.54. The van der Waals surface area contributed by atoms with E-state index >= 15 is 0 Å². The van der Waals surface area contributed by atoms with Crippen LogP contribution in [-0.2, 0) is 10.3 Å². The topological polar surface area (TPSA) is 65.1 Å². The molecule has 1 unspecified atom stereocenters. The van der Waals surface area contributed by atoms with Crippen LogP contribution in [0.15, 0.2) is 53.3 Å². The Bertz CT molecular complexity index is 717. The number of halogens is 1. The molecule has 1 aliphatic heterocycles. The van der Waals surface area contributed by atoms with Crippen LogP contribution in [0.4, 0.5) is 0 Å². The number of rotatable bonds is 2. The maximum atomic E-state index is 11.8. The maximum absolute atomic E-state index is 11.8. The zero-order chi connectivity index (χ0) is 13.5. The highest BCUT2D eigenvalue weighted by molar-refractivity contribution is 9.11. The number of nitrogens with one attached hydrogen (secondary N) is 2. The van der Waals surface area contributed by atoms with Gasteiger partial charge in [0.1, 0.15) is 0 Å².